The molecule has 1 fully saturated rings. The molecule has 1 saturated heterocycles. The van der Waals surface area contributed by atoms with Crippen molar-refractivity contribution in [3.05, 3.63) is 35.4 Å². The Bertz CT molecular complexity index is 610. The number of nitrogens with one attached hydrogen (secondary N) is 1. The van der Waals surface area contributed by atoms with Gasteiger partial charge in [0.15, 0.2) is 5.96 Å². The number of amides is 1. The molecule has 6 heteroatoms. The van der Waals surface area contributed by atoms with Crippen LogP contribution >= 0.6 is 24.0 Å². The van der Waals surface area contributed by atoms with E-state index < -0.39 is 5.91 Å². The second-order valence-electron chi connectivity index (χ2n) is 6.99. The van der Waals surface area contributed by atoms with Gasteiger partial charge in [-0.05, 0) is 31.5 Å². The van der Waals surface area contributed by atoms with E-state index >= 15 is 0 Å². The van der Waals surface area contributed by atoms with Gasteiger partial charge in [-0.15, -0.1) is 24.0 Å². The first-order valence-electron chi connectivity index (χ1n) is 7.56. The highest BCUT2D eigenvalue weighted by Crippen LogP contribution is 2.46. The monoisotopic (exact) mass is 430 g/mol. The second-order valence-corrected chi connectivity index (χ2v) is 6.99. The van der Waals surface area contributed by atoms with Crippen molar-refractivity contribution >= 4 is 35.8 Å². The Morgan fingerprint density at radius 2 is 2.00 bits per heavy atom. The lowest BCUT2D eigenvalue weighted by molar-refractivity contribution is -0.0667. The van der Waals surface area contributed by atoms with Gasteiger partial charge in [0.05, 0.1) is 0 Å². The summed E-state index contributed by atoms with van der Waals surface area (Å²) in [5.41, 5.74) is 7.17. The van der Waals surface area contributed by atoms with Crippen LogP contribution in [-0.2, 0) is 6.54 Å². The molecule has 23 heavy (non-hydrogen) atoms. The number of halogens is 1. The average Bonchev–Trinajstić information content (AvgIpc) is 2.47. The number of carbonyl (C=O) groups is 1. The van der Waals surface area contributed by atoms with Crippen molar-refractivity contribution in [2.45, 2.75) is 39.8 Å². The zero-order chi connectivity index (χ0) is 16.5. The number of benzene rings is 1. The van der Waals surface area contributed by atoms with E-state index in [0.717, 1.165) is 18.1 Å². The van der Waals surface area contributed by atoms with Crippen LogP contribution in [0.15, 0.2) is 29.3 Å². The molecule has 0 radical (unpaired) electrons. The molecule has 5 nitrogen and oxygen atoms in total. The number of carbonyl (C=O) groups excluding carboxylic acids is 1. The Hall–Kier alpha value is -1.31. The number of aliphatic imine (C=N–C) groups is 1. The fraction of sp³-hybridized carbons (Fsp3) is 0.529. The number of nitrogens with zero attached hydrogens (tertiary/aromatic N) is 2. The zero-order valence-corrected chi connectivity index (χ0v) is 16.8. The predicted molar refractivity (Wildman–Crippen MR) is 105 cm³/mol. The number of hydrogen-bond acceptors (Lipinski definition) is 2. The van der Waals surface area contributed by atoms with Gasteiger partial charge in [-0.3, -0.25) is 9.79 Å². The van der Waals surface area contributed by atoms with Crippen LogP contribution in [0, 0.1) is 5.41 Å². The highest BCUT2D eigenvalue weighted by atomic mass is 127. The third kappa shape index (κ3) is 3.79. The summed E-state index contributed by atoms with van der Waals surface area (Å²) in [5.74, 6) is 0.477. The van der Waals surface area contributed by atoms with E-state index in [-0.39, 0.29) is 34.9 Å². The Morgan fingerprint density at radius 3 is 2.48 bits per heavy atom. The largest absolute Gasteiger partial charge is 0.366 e. The van der Waals surface area contributed by atoms with Gasteiger partial charge in [-0.2, -0.15) is 0 Å². The SMILES string of the molecule is CN=C(NCc1cccc(C(N)=O)c1)N1CC(C)(C)C1(C)C.I. The molecule has 2 rings (SSSR count). The first-order chi connectivity index (χ1) is 10.2. The second kappa shape index (κ2) is 7.07. The van der Waals surface area contributed by atoms with Crippen LogP contribution in [0.3, 0.4) is 0 Å². The molecular weight excluding hydrogens is 403 g/mol. The van der Waals surface area contributed by atoms with E-state index in [1.165, 1.54) is 0 Å². The molecule has 0 spiro atoms. The molecule has 128 valence electrons. The summed E-state index contributed by atoms with van der Waals surface area (Å²) in [5, 5.41) is 3.37. The Kier molecular flexibility index (Phi) is 6.06. The number of nitrogens with two attached hydrogens (primary N) is 1. The van der Waals surface area contributed by atoms with E-state index in [1.54, 1.807) is 13.1 Å². The van der Waals surface area contributed by atoms with Crippen molar-refractivity contribution in [2.24, 2.45) is 16.1 Å². The summed E-state index contributed by atoms with van der Waals surface area (Å²) >= 11 is 0. The minimum Gasteiger partial charge on any atom is -0.366 e. The summed E-state index contributed by atoms with van der Waals surface area (Å²) in [6, 6.07) is 7.35. The number of rotatable bonds is 3. The molecule has 0 atom stereocenters. The lowest BCUT2D eigenvalue weighted by Crippen LogP contribution is -2.72. The normalized spacial score (nSPS) is 18.7. The first-order valence-corrected chi connectivity index (χ1v) is 7.56. The van der Waals surface area contributed by atoms with Crippen molar-refractivity contribution in [2.75, 3.05) is 13.6 Å². The quantitative estimate of drug-likeness (QED) is 0.440. The molecule has 1 aliphatic rings. The third-order valence-corrected chi connectivity index (χ3v) is 5.01. The van der Waals surface area contributed by atoms with Gasteiger partial charge in [0, 0.05) is 36.7 Å². The lowest BCUT2D eigenvalue weighted by atomic mass is 9.65. The van der Waals surface area contributed by atoms with Gasteiger partial charge in [0.1, 0.15) is 0 Å². The molecule has 0 saturated carbocycles. The van der Waals surface area contributed by atoms with E-state index in [1.807, 2.05) is 18.2 Å². The third-order valence-electron chi connectivity index (χ3n) is 5.01. The number of guanidine groups is 1. The maximum atomic E-state index is 11.2. The van der Waals surface area contributed by atoms with E-state index in [9.17, 15) is 4.79 Å². The van der Waals surface area contributed by atoms with Crippen LogP contribution in [0.4, 0.5) is 0 Å². The summed E-state index contributed by atoms with van der Waals surface area (Å²) in [4.78, 5) is 17.9. The van der Waals surface area contributed by atoms with Crippen LogP contribution in [0.1, 0.15) is 43.6 Å². The Balaban J connectivity index is 0.00000264. The Morgan fingerprint density at radius 1 is 1.35 bits per heavy atom. The van der Waals surface area contributed by atoms with Gasteiger partial charge >= 0.3 is 0 Å². The Labute approximate surface area is 155 Å². The van der Waals surface area contributed by atoms with Gasteiger partial charge in [-0.1, -0.05) is 26.0 Å². The van der Waals surface area contributed by atoms with E-state index in [0.29, 0.717) is 12.1 Å². The summed E-state index contributed by atoms with van der Waals surface area (Å²) in [6.07, 6.45) is 0. The fourth-order valence-corrected chi connectivity index (χ4v) is 2.71. The molecule has 1 aromatic carbocycles. The van der Waals surface area contributed by atoms with Crippen molar-refractivity contribution in [1.82, 2.24) is 10.2 Å². The number of hydrogen-bond donors (Lipinski definition) is 2. The molecule has 3 N–H and O–H groups in total. The molecular formula is C17H27IN4O. The maximum absolute atomic E-state index is 11.2. The molecule has 1 amide bonds. The minimum atomic E-state index is -0.406. The number of primary amides is 1. The van der Waals surface area contributed by atoms with Crippen LogP contribution in [0.5, 0.6) is 0 Å². The van der Waals surface area contributed by atoms with Crippen LogP contribution in [0.25, 0.3) is 0 Å². The minimum absolute atomic E-state index is 0. The van der Waals surface area contributed by atoms with E-state index in [2.05, 4.69) is 42.9 Å². The van der Waals surface area contributed by atoms with Crippen LogP contribution < -0.4 is 11.1 Å². The average molecular weight is 430 g/mol. The van der Waals surface area contributed by atoms with Gasteiger partial charge < -0.3 is 16.0 Å². The molecule has 0 unspecified atom stereocenters. The lowest BCUT2D eigenvalue weighted by Gasteiger charge is -2.62. The summed E-state index contributed by atoms with van der Waals surface area (Å²) in [6.45, 7) is 10.6. The van der Waals surface area contributed by atoms with E-state index in [4.69, 9.17) is 5.73 Å². The zero-order valence-electron chi connectivity index (χ0n) is 14.5. The van der Waals surface area contributed by atoms with Crippen molar-refractivity contribution in [1.29, 1.82) is 0 Å². The molecule has 1 aromatic rings. The topological polar surface area (TPSA) is 70.7 Å². The maximum Gasteiger partial charge on any atom is 0.248 e. The van der Waals surface area contributed by atoms with Gasteiger partial charge in [0.25, 0.3) is 0 Å². The fourth-order valence-electron chi connectivity index (χ4n) is 2.71. The van der Waals surface area contributed by atoms with Crippen molar-refractivity contribution in [3.63, 3.8) is 0 Å². The highest BCUT2D eigenvalue weighted by Gasteiger charge is 2.53. The molecule has 1 aliphatic heterocycles. The molecule has 0 bridgehead atoms. The standard InChI is InChI=1S/C17H26N4O.HI/c1-16(2)11-21(17(16,3)4)15(19-5)20-10-12-7-6-8-13(9-12)14(18)22;/h6-9H,10-11H2,1-5H3,(H2,18,22)(H,19,20);1H. The highest BCUT2D eigenvalue weighted by molar-refractivity contribution is 14.0. The summed E-state index contributed by atoms with van der Waals surface area (Å²) < 4.78 is 0. The van der Waals surface area contributed by atoms with Crippen LogP contribution in [-0.4, -0.2) is 35.9 Å². The summed E-state index contributed by atoms with van der Waals surface area (Å²) in [7, 11) is 1.80. The van der Waals surface area contributed by atoms with Crippen molar-refractivity contribution in [3.8, 4) is 0 Å². The smallest absolute Gasteiger partial charge is 0.248 e. The molecule has 0 aliphatic carbocycles. The molecule has 0 aromatic heterocycles. The van der Waals surface area contributed by atoms with Crippen LogP contribution in [0.2, 0.25) is 0 Å². The molecule has 1 heterocycles. The first kappa shape index (κ1) is 19.7. The van der Waals surface area contributed by atoms with Crippen molar-refractivity contribution < 1.29 is 4.79 Å². The number of likely N-dealkylation sites (tertiary alicyclic amines) is 1. The predicted octanol–water partition coefficient (Wildman–Crippen LogP) is 2.60. The van der Waals surface area contributed by atoms with Gasteiger partial charge in [-0.25, -0.2) is 0 Å². The van der Waals surface area contributed by atoms with Gasteiger partial charge in [0.2, 0.25) is 5.91 Å².